The maximum atomic E-state index is 10.7. The van der Waals surface area contributed by atoms with Gasteiger partial charge in [0.05, 0.1) is 5.97 Å². The minimum Gasteiger partial charge on any atom is -0.545 e. The SMILES string of the molecule is NC(=O)c1cc(N)cc(C(=O)[O-])c1. The number of rotatable bonds is 2. The van der Waals surface area contributed by atoms with Crippen LogP contribution in [0.2, 0.25) is 0 Å². The van der Waals surface area contributed by atoms with E-state index < -0.39 is 11.9 Å². The summed E-state index contributed by atoms with van der Waals surface area (Å²) in [6, 6.07) is 3.62. The monoisotopic (exact) mass is 179 g/mol. The van der Waals surface area contributed by atoms with Crippen molar-refractivity contribution in [1.29, 1.82) is 0 Å². The van der Waals surface area contributed by atoms with Gasteiger partial charge in [0.15, 0.2) is 0 Å². The Kier molecular flexibility index (Phi) is 2.19. The lowest BCUT2D eigenvalue weighted by molar-refractivity contribution is -0.255. The molecule has 0 aliphatic heterocycles. The van der Waals surface area contributed by atoms with Crippen molar-refractivity contribution in [2.45, 2.75) is 0 Å². The van der Waals surface area contributed by atoms with Crippen LogP contribution in [0, 0.1) is 0 Å². The Morgan fingerprint density at radius 2 is 1.69 bits per heavy atom. The second kappa shape index (κ2) is 3.14. The minimum absolute atomic E-state index is 0.0548. The van der Waals surface area contributed by atoms with E-state index in [1.54, 1.807) is 0 Å². The highest BCUT2D eigenvalue weighted by molar-refractivity contribution is 5.97. The van der Waals surface area contributed by atoms with E-state index in [0.29, 0.717) is 0 Å². The zero-order chi connectivity index (χ0) is 10.0. The molecule has 0 spiro atoms. The van der Waals surface area contributed by atoms with Gasteiger partial charge in [-0.15, -0.1) is 0 Å². The molecular weight excluding hydrogens is 172 g/mol. The van der Waals surface area contributed by atoms with Gasteiger partial charge in [-0.2, -0.15) is 0 Å². The third-order valence-corrected chi connectivity index (χ3v) is 1.48. The highest BCUT2D eigenvalue weighted by Crippen LogP contribution is 2.10. The van der Waals surface area contributed by atoms with Crippen molar-refractivity contribution in [1.82, 2.24) is 0 Å². The van der Waals surface area contributed by atoms with E-state index in [-0.39, 0.29) is 16.8 Å². The molecule has 0 saturated heterocycles. The van der Waals surface area contributed by atoms with Crippen molar-refractivity contribution < 1.29 is 14.7 Å². The summed E-state index contributed by atoms with van der Waals surface area (Å²) in [6.07, 6.45) is 0. The quantitative estimate of drug-likeness (QED) is 0.551. The van der Waals surface area contributed by atoms with Gasteiger partial charge < -0.3 is 21.4 Å². The van der Waals surface area contributed by atoms with Crippen molar-refractivity contribution >= 4 is 17.6 Å². The first-order valence-electron chi connectivity index (χ1n) is 3.42. The Balaban J connectivity index is 3.26. The van der Waals surface area contributed by atoms with Gasteiger partial charge in [-0.3, -0.25) is 4.79 Å². The lowest BCUT2D eigenvalue weighted by Gasteiger charge is -2.05. The molecular formula is C8H7N2O3-. The number of aromatic carboxylic acids is 1. The van der Waals surface area contributed by atoms with E-state index in [0.717, 1.165) is 6.07 Å². The lowest BCUT2D eigenvalue weighted by atomic mass is 10.1. The molecule has 0 radical (unpaired) electrons. The summed E-state index contributed by atoms with van der Waals surface area (Å²) in [5.74, 6) is -2.12. The number of benzene rings is 1. The second-order valence-corrected chi connectivity index (χ2v) is 2.50. The van der Waals surface area contributed by atoms with Crippen LogP contribution in [-0.2, 0) is 0 Å². The smallest absolute Gasteiger partial charge is 0.248 e. The lowest BCUT2D eigenvalue weighted by Crippen LogP contribution is -2.23. The molecule has 5 nitrogen and oxygen atoms in total. The van der Waals surface area contributed by atoms with Crippen molar-refractivity contribution in [2.24, 2.45) is 5.73 Å². The largest absolute Gasteiger partial charge is 0.545 e. The molecule has 13 heavy (non-hydrogen) atoms. The third-order valence-electron chi connectivity index (χ3n) is 1.48. The molecule has 0 aromatic heterocycles. The fourth-order valence-electron chi connectivity index (χ4n) is 0.912. The van der Waals surface area contributed by atoms with Gasteiger partial charge in [-0.25, -0.2) is 0 Å². The zero-order valence-corrected chi connectivity index (χ0v) is 6.61. The average Bonchev–Trinajstić information content (AvgIpc) is 2.03. The third kappa shape index (κ3) is 1.96. The molecule has 4 N–H and O–H groups in total. The van der Waals surface area contributed by atoms with Gasteiger partial charge in [0.2, 0.25) is 5.91 Å². The van der Waals surface area contributed by atoms with Gasteiger partial charge in [0, 0.05) is 11.3 Å². The Morgan fingerprint density at radius 1 is 1.15 bits per heavy atom. The van der Waals surface area contributed by atoms with Crippen LogP contribution in [0.3, 0.4) is 0 Å². The number of carboxylic acid groups (broad SMARTS) is 1. The molecule has 0 aliphatic carbocycles. The van der Waals surface area contributed by atoms with Crippen LogP contribution in [0.4, 0.5) is 5.69 Å². The normalized spacial score (nSPS) is 9.54. The van der Waals surface area contributed by atoms with Crippen molar-refractivity contribution in [3.05, 3.63) is 29.3 Å². The average molecular weight is 179 g/mol. The topological polar surface area (TPSA) is 109 Å². The molecule has 1 aromatic rings. The molecule has 0 heterocycles. The number of nitrogen functional groups attached to an aromatic ring is 1. The van der Waals surface area contributed by atoms with Crippen LogP contribution in [0.5, 0.6) is 0 Å². The number of amides is 1. The highest BCUT2D eigenvalue weighted by atomic mass is 16.4. The van der Waals surface area contributed by atoms with Crippen LogP contribution >= 0.6 is 0 Å². The van der Waals surface area contributed by atoms with Gasteiger partial charge in [0.1, 0.15) is 0 Å². The molecule has 5 heteroatoms. The summed E-state index contributed by atoms with van der Waals surface area (Å²) < 4.78 is 0. The Bertz CT molecular complexity index is 341. The molecule has 0 aliphatic rings. The van der Waals surface area contributed by atoms with Crippen LogP contribution in [0.1, 0.15) is 20.7 Å². The van der Waals surface area contributed by atoms with Gasteiger partial charge in [0.25, 0.3) is 0 Å². The fourth-order valence-corrected chi connectivity index (χ4v) is 0.912. The van der Waals surface area contributed by atoms with Gasteiger partial charge in [-0.1, -0.05) is 0 Å². The van der Waals surface area contributed by atoms with Gasteiger partial charge in [-0.05, 0) is 23.8 Å². The molecule has 1 aromatic carbocycles. The first-order valence-corrected chi connectivity index (χ1v) is 3.42. The molecule has 1 amide bonds. The number of carbonyl (C=O) groups excluding carboxylic acids is 2. The van der Waals surface area contributed by atoms with Crippen molar-refractivity contribution in [3.63, 3.8) is 0 Å². The van der Waals surface area contributed by atoms with Crippen molar-refractivity contribution in [2.75, 3.05) is 5.73 Å². The highest BCUT2D eigenvalue weighted by Gasteiger charge is 2.03. The van der Waals surface area contributed by atoms with Crippen LogP contribution in [0.25, 0.3) is 0 Å². The maximum absolute atomic E-state index is 10.7. The summed E-state index contributed by atoms with van der Waals surface area (Å²) in [6.45, 7) is 0. The van der Waals surface area contributed by atoms with E-state index in [4.69, 9.17) is 11.5 Å². The van der Waals surface area contributed by atoms with E-state index in [1.165, 1.54) is 12.1 Å². The maximum Gasteiger partial charge on any atom is 0.248 e. The molecule has 0 bridgehead atoms. The standard InChI is InChI=1S/C8H8N2O3/c9-6-2-4(7(10)11)1-5(3-6)8(12)13/h1-3H,9H2,(H2,10,11)(H,12,13)/p-1. The van der Waals surface area contributed by atoms with E-state index in [2.05, 4.69) is 0 Å². The minimum atomic E-state index is -1.39. The predicted octanol–water partition coefficient (Wildman–Crippen LogP) is -1.27. The Morgan fingerprint density at radius 3 is 2.15 bits per heavy atom. The fraction of sp³-hybridized carbons (Fsp3) is 0. The number of carboxylic acids is 1. The van der Waals surface area contributed by atoms with E-state index in [1.807, 2.05) is 0 Å². The predicted molar refractivity (Wildman–Crippen MR) is 43.7 cm³/mol. The van der Waals surface area contributed by atoms with Crippen LogP contribution in [-0.4, -0.2) is 11.9 Å². The Hall–Kier alpha value is -2.04. The van der Waals surface area contributed by atoms with E-state index in [9.17, 15) is 14.7 Å². The number of hydrogen-bond acceptors (Lipinski definition) is 4. The number of nitrogens with two attached hydrogens (primary N) is 2. The molecule has 1 rings (SSSR count). The number of carbonyl (C=O) groups is 2. The summed E-state index contributed by atoms with van der Waals surface area (Å²) >= 11 is 0. The summed E-state index contributed by atoms with van der Waals surface area (Å²) in [5.41, 5.74) is 10.3. The Labute approximate surface area is 74.0 Å². The van der Waals surface area contributed by atoms with Gasteiger partial charge >= 0.3 is 0 Å². The summed E-state index contributed by atoms with van der Waals surface area (Å²) in [4.78, 5) is 21.1. The zero-order valence-electron chi connectivity index (χ0n) is 6.61. The molecule has 68 valence electrons. The van der Waals surface area contributed by atoms with Crippen LogP contribution < -0.4 is 16.6 Å². The first-order chi connectivity index (χ1) is 6.00. The number of primary amides is 1. The number of hydrogen-bond donors (Lipinski definition) is 2. The molecule has 0 saturated carbocycles. The molecule has 0 atom stereocenters. The van der Waals surface area contributed by atoms with E-state index >= 15 is 0 Å². The first kappa shape index (κ1) is 9.05. The summed E-state index contributed by atoms with van der Waals surface area (Å²) in [5, 5.41) is 10.4. The van der Waals surface area contributed by atoms with Crippen LogP contribution in [0.15, 0.2) is 18.2 Å². The van der Waals surface area contributed by atoms with Crippen molar-refractivity contribution in [3.8, 4) is 0 Å². The summed E-state index contributed by atoms with van der Waals surface area (Å²) in [7, 11) is 0. The number of anilines is 1. The second-order valence-electron chi connectivity index (χ2n) is 2.50. The molecule has 0 fully saturated rings. The molecule has 0 unspecified atom stereocenters.